The number of nitrogens with one attached hydrogen (secondary N) is 3. The molecule has 0 saturated heterocycles. The molecule has 0 fully saturated rings. The van der Waals surface area contributed by atoms with Gasteiger partial charge >= 0.3 is 0 Å². The van der Waals surface area contributed by atoms with Crippen LogP contribution in [0.3, 0.4) is 0 Å². The van der Waals surface area contributed by atoms with Crippen LogP contribution in [0.1, 0.15) is 37.7 Å². The molecule has 3 amide bonds. The van der Waals surface area contributed by atoms with Crippen molar-refractivity contribution >= 4 is 28.6 Å². The second-order valence-corrected chi connectivity index (χ2v) is 6.73. The summed E-state index contributed by atoms with van der Waals surface area (Å²) in [5, 5.41) is 6.55. The third kappa shape index (κ3) is 6.57. The van der Waals surface area contributed by atoms with Gasteiger partial charge in [0.25, 0.3) is 0 Å². The van der Waals surface area contributed by atoms with Crippen LogP contribution in [0.25, 0.3) is 10.9 Å². The highest BCUT2D eigenvalue weighted by Crippen LogP contribution is 2.19. The van der Waals surface area contributed by atoms with Gasteiger partial charge in [0.1, 0.15) is 6.04 Å². The van der Waals surface area contributed by atoms with Gasteiger partial charge in [-0.2, -0.15) is 0 Å². The van der Waals surface area contributed by atoms with Crippen molar-refractivity contribution in [2.75, 3.05) is 6.54 Å². The number of H-pyrrole nitrogens is 1. The molecule has 1 heterocycles. The Morgan fingerprint density at radius 3 is 2.71 bits per heavy atom. The molecule has 1 aromatic heterocycles. The normalized spacial score (nSPS) is 11.7. The zero-order chi connectivity index (χ0) is 20.4. The number of carbonyl (C=O) groups is 3. The molecule has 0 spiro atoms. The highest BCUT2D eigenvalue weighted by molar-refractivity contribution is 5.87. The van der Waals surface area contributed by atoms with Crippen molar-refractivity contribution in [3.8, 4) is 0 Å². The van der Waals surface area contributed by atoms with E-state index in [1.54, 1.807) is 0 Å². The summed E-state index contributed by atoms with van der Waals surface area (Å²) in [7, 11) is 0. The van der Waals surface area contributed by atoms with Crippen molar-refractivity contribution in [3.05, 3.63) is 48.7 Å². The smallest absolute Gasteiger partial charge is 0.243 e. The van der Waals surface area contributed by atoms with E-state index in [0.29, 0.717) is 38.6 Å². The largest absolute Gasteiger partial charge is 0.368 e. The highest BCUT2D eigenvalue weighted by atomic mass is 16.2. The van der Waals surface area contributed by atoms with Gasteiger partial charge in [0.05, 0.1) is 0 Å². The molecule has 0 aliphatic carbocycles. The minimum absolute atomic E-state index is 0.177. The molecule has 2 rings (SSSR count). The number of aromatic nitrogens is 1. The third-order valence-corrected chi connectivity index (χ3v) is 4.61. The number of carbonyl (C=O) groups excluding carboxylic acids is 3. The van der Waals surface area contributed by atoms with Crippen molar-refractivity contribution in [3.63, 3.8) is 0 Å². The van der Waals surface area contributed by atoms with Crippen LogP contribution in [-0.2, 0) is 20.8 Å². The Balaban J connectivity index is 1.70. The Morgan fingerprint density at radius 1 is 1.18 bits per heavy atom. The second kappa shape index (κ2) is 10.9. The fraction of sp³-hybridized carbons (Fsp3) is 0.381. The van der Waals surface area contributed by atoms with Crippen molar-refractivity contribution in [2.45, 2.75) is 44.6 Å². The number of aromatic amines is 1. The minimum atomic E-state index is -0.685. The standard InChI is InChI=1S/C21H28N4O3/c1-2-19(26)23-13-6-5-11-18(21(22)28)25-20(27)12-7-8-15-14-24-17-10-4-3-9-16(15)17/h2-4,9-10,14,18,24H,1,5-8,11-13H2,(H2,22,28)(H,23,26)(H,25,27)/t18-/m1/s1. The molecule has 2 aromatic rings. The first-order chi connectivity index (χ1) is 13.5. The molecule has 1 aromatic carbocycles. The number of benzene rings is 1. The van der Waals surface area contributed by atoms with Gasteiger partial charge in [-0.1, -0.05) is 24.8 Å². The van der Waals surface area contributed by atoms with Crippen LogP contribution in [0.4, 0.5) is 0 Å². The summed E-state index contributed by atoms with van der Waals surface area (Å²) in [6, 6.07) is 7.36. The Hall–Kier alpha value is -3.09. The fourth-order valence-corrected chi connectivity index (χ4v) is 3.09. The molecule has 0 radical (unpaired) electrons. The van der Waals surface area contributed by atoms with Gasteiger partial charge in [0, 0.05) is 30.1 Å². The summed E-state index contributed by atoms with van der Waals surface area (Å²) in [6.07, 6.45) is 6.80. The number of para-hydroxylation sites is 1. The van der Waals surface area contributed by atoms with Crippen molar-refractivity contribution < 1.29 is 14.4 Å². The fourth-order valence-electron chi connectivity index (χ4n) is 3.09. The first-order valence-corrected chi connectivity index (χ1v) is 9.55. The molecule has 7 nitrogen and oxygen atoms in total. The van der Waals surface area contributed by atoms with E-state index in [0.717, 1.165) is 11.9 Å². The SMILES string of the molecule is C=CC(=O)NCCCC[C@@H](NC(=O)CCCc1c[nH]c2ccccc12)C(N)=O. The van der Waals surface area contributed by atoms with Gasteiger partial charge < -0.3 is 21.4 Å². The maximum absolute atomic E-state index is 12.2. The van der Waals surface area contributed by atoms with E-state index in [9.17, 15) is 14.4 Å². The first-order valence-electron chi connectivity index (χ1n) is 9.55. The number of rotatable bonds is 12. The highest BCUT2D eigenvalue weighted by Gasteiger charge is 2.17. The molecule has 28 heavy (non-hydrogen) atoms. The van der Waals surface area contributed by atoms with Crippen LogP contribution in [0, 0.1) is 0 Å². The predicted molar refractivity (Wildman–Crippen MR) is 109 cm³/mol. The topological polar surface area (TPSA) is 117 Å². The van der Waals surface area contributed by atoms with Crippen LogP contribution in [0.2, 0.25) is 0 Å². The Morgan fingerprint density at radius 2 is 1.96 bits per heavy atom. The number of amides is 3. The van der Waals surface area contributed by atoms with E-state index in [1.807, 2.05) is 24.4 Å². The molecular weight excluding hydrogens is 356 g/mol. The number of fused-ring (bicyclic) bond motifs is 1. The van der Waals surface area contributed by atoms with Gasteiger partial charge in [-0.25, -0.2) is 0 Å². The molecule has 0 aliphatic heterocycles. The zero-order valence-corrected chi connectivity index (χ0v) is 16.0. The molecule has 7 heteroatoms. The average molecular weight is 384 g/mol. The van der Waals surface area contributed by atoms with Crippen LogP contribution in [0.5, 0.6) is 0 Å². The first kappa shape index (κ1) is 21.2. The quantitative estimate of drug-likeness (QED) is 0.331. The third-order valence-electron chi connectivity index (χ3n) is 4.61. The average Bonchev–Trinajstić information content (AvgIpc) is 3.09. The second-order valence-electron chi connectivity index (χ2n) is 6.73. The van der Waals surface area contributed by atoms with Crippen molar-refractivity contribution in [2.24, 2.45) is 5.73 Å². The Labute approximate surface area is 164 Å². The summed E-state index contributed by atoms with van der Waals surface area (Å²) in [5.74, 6) is -0.946. The lowest BCUT2D eigenvalue weighted by Gasteiger charge is -2.15. The van der Waals surface area contributed by atoms with Gasteiger partial charge in [-0.15, -0.1) is 0 Å². The maximum Gasteiger partial charge on any atom is 0.243 e. The molecule has 0 bridgehead atoms. The molecule has 150 valence electrons. The van der Waals surface area contributed by atoms with E-state index in [-0.39, 0.29) is 11.8 Å². The number of aryl methyl sites for hydroxylation is 1. The van der Waals surface area contributed by atoms with Crippen LogP contribution < -0.4 is 16.4 Å². The van der Waals surface area contributed by atoms with E-state index < -0.39 is 11.9 Å². The Bertz CT molecular complexity index is 828. The number of hydrogen-bond acceptors (Lipinski definition) is 3. The monoisotopic (exact) mass is 384 g/mol. The lowest BCUT2D eigenvalue weighted by atomic mass is 10.1. The minimum Gasteiger partial charge on any atom is -0.368 e. The maximum atomic E-state index is 12.2. The van der Waals surface area contributed by atoms with Gasteiger partial charge in [-0.3, -0.25) is 14.4 Å². The summed E-state index contributed by atoms with van der Waals surface area (Å²) >= 11 is 0. The van der Waals surface area contributed by atoms with Crippen LogP contribution >= 0.6 is 0 Å². The van der Waals surface area contributed by atoms with Crippen LogP contribution in [-0.4, -0.2) is 35.3 Å². The Kier molecular flexibility index (Phi) is 8.27. The van der Waals surface area contributed by atoms with E-state index >= 15 is 0 Å². The lowest BCUT2D eigenvalue weighted by molar-refractivity contribution is -0.127. The van der Waals surface area contributed by atoms with Crippen LogP contribution in [0.15, 0.2) is 43.1 Å². The number of primary amides is 1. The summed E-state index contributed by atoms with van der Waals surface area (Å²) in [5.41, 5.74) is 7.66. The summed E-state index contributed by atoms with van der Waals surface area (Å²) in [6.45, 7) is 3.87. The number of hydrogen-bond donors (Lipinski definition) is 4. The molecule has 1 atom stereocenters. The summed E-state index contributed by atoms with van der Waals surface area (Å²) in [4.78, 5) is 38.0. The molecule has 0 saturated carbocycles. The molecule has 0 aliphatic rings. The predicted octanol–water partition coefficient (Wildman–Crippen LogP) is 1.93. The van der Waals surface area contributed by atoms with Crippen molar-refractivity contribution in [1.82, 2.24) is 15.6 Å². The zero-order valence-electron chi connectivity index (χ0n) is 16.0. The van der Waals surface area contributed by atoms with E-state index in [4.69, 9.17) is 5.73 Å². The molecular formula is C21H28N4O3. The number of nitrogens with two attached hydrogens (primary N) is 1. The van der Waals surface area contributed by atoms with Crippen molar-refractivity contribution in [1.29, 1.82) is 0 Å². The van der Waals surface area contributed by atoms with Gasteiger partial charge in [0.2, 0.25) is 17.7 Å². The lowest BCUT2D eigenvalue weighted by Crippen LogP contribution is -2.44. The van der Waals surface area contributed by atoms with E-state index in [1.165, 1.54) is 17.0 Å². The molecule has 0 unspecified atom stereocenters. The summed E-state index contributed by atoms with van der Waals surface area (Å²) < 4.78 is 0. The number of unbranched alkanes of at least 4 members (excludes halogenated alkanes) is 1. The van der Waals surface area contributed by atoms with E-state index in [2.05, 4.69) is 28.3 Å². The van der Waals surface area contributed by atoms with Gasteiger partial charge in [0.15, 0.2) is 0 Å². The molecule has 5 N–H and O–H groups in total. The van der Waals surface area contributed by atoms with Gasteiger partial charge in [-0.05, 0) is 49.8 Å².